The van der Waals surface area contributed by atoms with Crippen molar-refractivity contribution < 1.29 is 22.6 Å². The number of ether oxygens (including phenoxy) is 2. The number of rotatable bonds is 11. The summed E-state index contributed by atoms with van der Waals surface area (Å²) in [6, 6.07) is 0. The molecule has 2 aliphatic rings. The van der Waals surface area contributed by atoms with Gasteiger partial charge in [-0.05, 0) is 38.5 Å². The van der Waals surface area contributed by atoms with E-state index in [1.807, 2.05) is 0 Å². The minimum atomic E-state index is -1.37. The minimum absolute atomic E-state index is 0.0275. The van der Waals surface area contributed by atoms with Crippen LogP contribution >= 0.6 is 34.9 Å². The van der Waals surface area contributed by atoms with Crippen LogP contribution in [0.3, 0.4) is 0 Å². The summed E-state index contributed by atoms with van der Waals surface area (Å²) in [4.78, 5) is 3.34. The first-order valence-corrected chi connectivity index (χ1v) is 12.4. The van der Waals surface area contributed by atoms with Crippen molar-refractivity contribution in [3.8, 4) is 0 Å². The summed E-state index contributed by atoms with van der Waals surface area (Å²) in [6.45, 7) is 8.54. The van der Waals surface area contributed by atoms with Gasteiger partial charge in [0.2, 0.25) is 14.1 Å². The molecule has 2 unspecified atom stereocenters. The molecular formula is C17H29BrNO4PS. The van der Waals surface area contributed by atoms with Crippen LogP contribution < -0.4 is 0 Å². The SMILES string of the molecule is [2H]C[C@H]1O[C@H]([3H])C[C@@H]1OP(OCC[N+]#[C-])SC(CCCBr)[C@H]1O[C@H]([3H])C[C@@H]1C. The molecule has 5 nitrogen and oxygen atoms in total. The van der Waals surface area contributed by atoms with E-state index in [0.717, 1.165) is 24.6 Å². The highest BCUT2D eigenvalue weighted by atomic mass is 79.9. The topological polar surface area (TPSA) is 41.3 Å². The largest absolute Gasteiger partial charge is 0.377 e. The van der Waals surface area contributed by atoms with Crippen LogP contribution in [0.4, 0.5) is 0 Å². The normalized spacial score (nSPS) is 39.3. The minimum Gasteiger partial charge on any atom is -0.377 e. The Hall–Kier alpha value is 0.590. The first kappa shape index (κ1) is 17.7. The van der Waals surface area contributed by atoms with Gasteiger partial charge in [-0.25, -0.2) is 6.57 Å². The van der Waals surface area contributed by atoms with Crippen molar-refractivity contribution in [3.63, 3.8) is 0 Å². The van der Waals surface area contributed by atoms with Gasteiger partial charge in [-0.3, -0.25) is 0 Å². The number of hydrogen-bond acceptors (Lipinski definition) is 5. The number of nitrogens with zero attached hydrogens (tertiary/aromatic N) is 1. The predicted octanol–water partition coefficient (Wildman–Crippen LogP) is 5.05. The summed E-state index contributed by atoms with van der Waals surface area (Å²) in [6.07, 6.45) is 2.26. The van der Waals surface area contributed by atoms with Gasteiger partial charge in [-0.2, -0.15) is 0 Å². The Balaban J connectivity index is 2.05. The van der Waals surface area contributed by atoms with Crippen LogP contribution in [0.15, 0.2) is 0 Å². The molecule has 8 atom stereocenters. The molecule has 2 heterocycles. The fourth-order valence-electron chi connectivity index (χ4n) is 2.69. The zero-order valence-corrected chi connectivity index (χ0v) is 17.8. The van der Waals surface area contributed by atoms with Crippen molar-refractivity contribution in [2.24, 2.45) is 5.92 Å². The molecule has 0 saturated carbocycles. The Morgan fingerprint density at radius 1 is 1.52 bits per heavy atom. The first-order chi connectivity index (χ1) is 13.5. The molecule has 0 amide bonds. The summed E-state index contributed by atoms with van der Waals surface area (Å²) >= 11 is 5.08. The molecule has 0 spiro atoms. The smallest absolute Gasteiger partial charge is 0.239 e. The molecule has 0 N–H and O–H groups in total. The van der Waals surface area contributed by atoms with Gasteiger partial charge in [0.15, 0.2) is 0 Å². The maximum atomic E-state index is 7.95. The lowest BCUT2D eigenvalue weighted by molar-refractivity contribution is 0.0671. The van der Waals surface area contributed by atoms with Crippen LogP contribution in [0.25, 0.3) is 4.85 Å². The lowest BCUT2D eigenvalue weighted by Crippen LogP contribution is -2.28. The summed E-state index contributed by atoms with van der Waals surface area (Å²) in [7, 11) is -1.37. The van der Waals surface area contributed by atoms with Crippen molar-refractivity contribution in [1.82, 2.24) is 0 Å². The van der Waals surface area contributed by atoms with Gasteiger partial charge in [0.25, 0.3) is 0 Å². The van der Waals surface area contributed by atoms with Crippen molar-refractivity contribution in [1.29, 1.82) is 0 Å². The Kier molecular flexibility index (Phi) is 8.57. The summed E-state index contributed by atoms with van der Waals surface area (Å²) < 4.78 is 46.8. The van der Waals surface area contributed by atoms with Crippen LogP contribution in [0.1, 0.15) is 43.6 Å². The Morgan fingerprint density at radius 2 is 2.36 bits per heavy atom. The molecule has 0 aliphatic carbocycles. The maximum Gasteiger partial charge on any atom is 0.239 e. The van der Waals surface area contributed by atoms with Gasteiger partial charge in [-0.1, -0.05) is 34.2 Å². The quantitative estimate of drug-likeness (QED) is 0.187. The van der Waals surface area contributed by atoms with E-state index < -0.39 is 26.8 Å². The summed E-state index contributed by atoms with van der Waals surface area (Å²) in [5.41, 5.74) is 0. The zero-order valence-electron chi connectivity index (χ0n) is 17.5. The van der Waals surface area contributed by atoms with Gasteiger partial charge >= 0.3 is 0 Å². The maximum absolute atomic E-state index is 7.95. The first-order valence-electron chi connectivity index (χ1n) is 10.4. The lowest BCUT2D eigenvalue weighted by atomic mass is 9.99. The van der Waals surface area contributed by atoms with E-state index in [9.17, 15) is 0 Å². The fraction of sp³-hybridized carbons (Fsp3) is 0.941. The van der Waals surface area contributed by atoms with Crippen molar-refractivity contribution in [2.45, 2.75) is 63.1 Å². The Bertz CT molecular complexity index is 510. The molecule has 2 aliphatic heterocycles. The molecule has 2 saturated heterocycles. The molecule has 8 heteroatoms. The monoisotopic (exact) mass is 458 g/mol. The van der Waals surface area contributed by atoms with Crippen LogP contribution in [-0.2, 0) is 18.5 Å². The highest BCUT2D eigenvalue weighted by Crippen LogP contribution is 2.58. The highest BCUT2D eigenvalue weighted by molar-refractivity contribution is 9.09. The van der Waals surface area contributed by atoms with Gasteiger partial charge in [0.1, 0.15) is 6.61 Å². The molecule has 144 valence electrons. The molecule has 0 radical (unpaired) electrons. The third-order valence-electron chi connectivity index (χ3n) is 4.13. The van der Waals surface area contributed by atoms with Crippen LogP contribution in [-0.4, -0.2) is 55.2 Å². The van der Waals surface area contributed by atoms with E-state index in [2.05, 4.69) is 27.7 Å². The van der Waals surface area contributed by atoms with E-state index in [0.29, 0.717) is 18.9 Å². The van der Waals surface area contributed by atoms with E-state index in [1.165, 1.54) is 0 Å². The van der Waals surface area contributed by atoms with Crippen LogP contribution in [0.2, 0.25) is 0 Å². The standard InChI is InChI=1S/C17H29BrNO4PS/c1-13-6-10-21-17(13)16(5-4-8-18)25-24(22-12-9-19-3)23-15-7-11-20-14(15)2/h13-17H,4-12H2,1-2H3/t13-,14+,15-,16?,17-,24?/m0/s1/i2D,10T,11T/t10-,11-,13+,14-,15+,16?,17+,24?/m1. The predicted molar refractivity (Wildman–Crippen MR) is 107 cm³/mol. The van der Waals surface area contributed by atoms with Crippen LogP contribution in [0, 0.1) is 12.5 Å². The number of halogens is 1. The fourth-order valence-corrected chi connectivity index (χ4v) is 7.03. The highest BCUT2D eigenvalue weighted by Gasteiger charge is 2.36. The van der Waals surface area contributed by atoms with E-state index >= 15 is 0 Å². The van der Waals surface area contributed by atoms with Crippen molar-refractivity contribution in [3.05, 3.63) is 11.4 Å². The second kappa shape index (κ2) is 12.1. The zero-order chi connectivity index (χ0) is 20.5. The van der Waals surface area contributed by atoms with E-state index in [1.54, 1.807) is 11.4 Å². The number of hydrogen-bond donors (Lipinski definition) is 0. The summed E-state index contributed by atoms with van der Waals surface area (Å²) in [5.74, 6) is 0.295. The van der Waals surface area contributed by atoms with E-state index in [4.69, 9.17) is 29.2 Å². The average Bonchev–Trinajstić information content (AvgIpc) is 3.19. The number of alkyl halides is 1. The lowest BCUT2D eigenvalue weighted by Gasteiger charge is -2.29. The second-order valence-corrected chi connectivity index (χ2v) is 10.2. The third-order valence-corrected chi connectivity index (χ3v) is 8.37. The molecule has 0 bridgehead atoms. The van der Waals surface area contributed by atoms with Gasteiger partial charge < -0.3 is 23.4 Å². The molecular weight excluding hydrogens is 425 g/mol. The second-order valence-electron chi connectivity index (χ2n) is 6.11. The Labute approximate surface area is 169 Å². The molecule has 0 aromatic heterocycles. The van der Waals surface area contributed by atoms with Gasteiger partial charge in [0.05, 0.1) is 21.1 Å². The van der Waals surface area contributed by atoms with E-state index in [-0.39, 0.29) is 30.9 Å². The Morgan fingerprint density at radius 3 is 3.04 bits per heavy atom. The van der Waals surface area contributed by atoms with Crippen molar-refractivity contribution in [2.75, 3.05) is 31.6 Å². The van der Waals surface area contributed by atoms with Crippen LogP contribution in [0.5, 0.6) is 0 Å². The van der Waals surface area contributed by atoms with Gasteiger partial charge in [-0.15, -0.1) is 0 Å². The molecule has 2 fully saturated rings. The molecule has 2 rings (SSSR count). The molecule has 25 heavy (non-hydrogen) atoms. The average molecular weight is 459 g/mol. The molecule has 0 aromatic carbocycles. The molecule has 0 aromatic rings. The third kappa shape index (κ3) is 7.25. The summed E-state index contributed by atoms with van der Waals surface area (Å²) in [5, 5.41) is 1.02. The van der Waals surface area contributed by atoms with Crippen molar-refractivity contribution >= 4 is 34.9 Å². The van der Waals surface area contributed by atoms with Gasteiger partial charge in [0, 0.05) is 25.1 Å².